The van der Waals surface area contributed by atoms with Gasteiger partial charge < -0.3 is 15.0 Å². The molecule has 3 N–H and O–H groups in total. The minimum absolute atomic E-state index is 0.238. The van der Waals surface area contributed by atoms with Crippen LogP contribution in [0.25, 0.3) is 55.6 Å². The molecule has 6 aromatic rings. The molecule has 0 aliphatic carbocycles. The lowest BCUT2D eigenvalue weighted by atomic mass is 10.0. The zero-order valence-electron chi connectivity index (χ0n) is 19.5. The molecule has 0 radical (unpaired) electrons. The monoisotopic (exact) mass is 492 g/mol. The number of thiophene rings is 1. The van der Waals surface area contributed by atoms with Crippen molar-refractivity contribution in [2.75, 3.05) is 13.1 Å². The van der Waals surface area contributed by atoms with E-state index < -0.39 is 0 Å². The number of aromatic amines is 2. The summed E-state index contributed by atoms with van der Waals surface area (Å²) in [5.74, 6) is 0.816. The lowest BCUT2D eigenvalue weighted by Crippen LogP contribution is -2.34. The van der Waals surface area contributed by atoms with Gasteiger partial charge in [-0.25, -0.2) is 0 Å². The molecule has 0 unspecified atom stereocenters. The first-order chi connectivity index (χ1) is 17.8. The predicted octanol–water partition coefficient (Wildman–Crippen LogP) is 6.03. The molecule has 7 rings (SSSR count). The first-order valence-corrected chi connectivity index (χ1v) is 13.1. The van der Waals surface area contributed by atoms with E-state index in [0.29, 0.717) is 0 Å². The number of pyridine rings is 2. The van der Waals surface area contributed by atoms with E-state index in [-0.39, 0.29) is 6.10 Å². The molecule has 1 aliphatic heterocycles. The molecule has 5 aromatic heterocycles. The topological polar surface area (TPSA) is 91.5 Å². The van der Waals surface area contributed by atoms with Gasteiger partial charge in [-0.05, 0) is 73.3 Å². The van der Waals surface area contributed by atoms with Crippen LogP contribution < -0.4 is 10.1 Å². The van der Waals surface area contributed by atoms with Gasteiger partial charge >= 0.3 is 0 Å². The second-order valence-corrected chi connectivity index (χ2v) is 9.90. The molecule has 1 aliphatic rings. The highest BCUT2D eigenvalue weighted by atomic mass is 32.1. The Morgan fingerprint density at radius 2 is 1.78 bits per heavy atom. The number of ether oxygens (including phenoxy) is 1. The number of aromatic nitrogens is 5. The Hall–Kier alpha value is -4.01. The molecule has 0 spiro atoms. The molecule has 6 heterocycles. The van der Waals surface area contributed by atoms with Gasteiger partial charge in [0.05, 0.1) is 23.1 Å². The first kappa shape index (κ1) is 21.3. The van der Waals surface area contributed by atoms with Crippen molar-refractivity contribution in [1.82, 2.24) is 30.5 Å². The highest BCUT2D eigenvalue weighted by Gasteiger charge is 2.17. The molecule has 1 saturated heterocycles. The number of hydrogen-bond donors (Lipinski definition) is 3. The van der Waals surface area contributed by atoms with Crippen molar-refractivity contribution in [3.05, 3.63) is 71.8 Å². The van der Waals surface area contributed by atoms with Crippen LogP contribution in [0.4, 0.5) is 0 Å². The highest BCUT2D eigenvalue weighted by Crippen LogP contribution is 2.35. The number of fused-ring (bicyclic) bond motifs is 2. The van der Waals surface area contributed by atoms with Crippen LogP contribution >= 0.6 is 11.3 Å². The van der Waals surface area contributed by atoms with Gasteiger partial charge in [0.1, 0.15) is 17.5 Å². The summed E-state index contributed by atoms with van der Waals surface area (Å²) >= 11 is 1.68. The molecule has 0 atom stereocenters. The number of nitrogens with one attached hydrogen (secondary N) is 3. The summed E-state index contributed by atoms with van der Waals surface area (Å²) in [7, 11) is 0. The normalized spacial score (nSPS) is 14.6. The molecule has 0 amide bonds. The Morgan fingerprint density at radius 1 is 0.861 bits per heavy atom. The maximum Gasteiger partial charge on any atom is 0.138 e. The van der Waals surface area contributed by atoms with Crippen molar-refractivity contribution in [2.45, 2.75) is 18.9 Å². The Balaban J connectivity index is 1.26. The Bertz CT molecular complexity index is 1660. The maximum atomic E-state index is 6.23. The van der Waals surface area contributed by atoms with Gasteiger partial charge in [-0.15, -0.1) is 0 Å². The Labute approximate surface area is 211 Å². The molecule has 0 bridgehead atoms. The van der Waals surface area contributed by atoms with E-state index >= 15 is 0 Å². The fourth-order valence-corrected chi connectivity index (χ4v) is 5.60. The summed E-state index contributed by atoms with van der Waals surface area (Å²) in [5, 5.41) is 17.6. The van der Waals surface area contributed by atoms with Gasteiger partial charge in [0, 0.05) is 45.2 Å². The van der Waals surface area contributed by atoms with Crippen molar-refractivity contribution in [2.24, 2.45) is 0 Å². The average molecular weight is 493 g/mol. The van der Waals surface area contributed by atoms with E-state index in [2.05, 4.69) is 77.6 Å². The van der Waals surface area contributed by atoms with E-state index in [1.54, 1.807) is 17.5 Å². The highest BCUT2D eigenvalue weighted by molar-refractivity contribution is 7.08. The van der Waals surface area contributed by atoms with Crippen LogP contribution in [0, 0.1) is 0 Å². The van der Waals surface area contributed by atoms with Crippen molar-refractivity contribution in [3.63, 3.8) is 0 Å². The minimum atomic E-state index is 0.238. The van der Waals surface area contributed by atoms with E-state index in [1.165, 1.54) is 0 Å². The quantitative estimate of drug-likeness (QED) is 0.273. The fourth-order valence-electron chi connectivity index (χ4n) is 4.96. The molecular formula is C28H24N6OS. The first-order valence-electron chi connectivity index (χ1n) is 12.1. The van der Waals surface area contributed by atoms with Crippen LogP contribution in [0.15, 0.2) is 71.8 Å². The van der Waals surface area contributed by atoms with Gasteiger partial charge in [0.25, 0.3) is 0 Å². The van der Waals surface area contributed by atoms with Crippen molar-refractivity contribution >= 4 is 33.1 Å². The van der Waals surface area contributed by atoms with Crippen molar-refractivity contribution < 1.29 is 4.74 Å². The molecule has 7 nitrogen and oxygen atoms in total. The lowest BCUT2D eigenvalue weighted by molar-refractivity contribution is 0.162. The minimum Gasteiger partial charge on any atom is -0.489 e. The average Bonchev–Trinajstić information content (AvgIpc) is 3.68. The van der Waals surface area contributed by atoms with Crippen LogP contribution in [-0.2, 0) is 0 Å². The second kappa shape index (κ2) is 8.89. The van der Waals surface area contributed by atoms with Crippen LogP contribution in [0.5, 0.6) is 5.75 Å². The lowest BCUT2D eigenvalue weighted by Gasteiger charge is -2.23. The Kier molecular flexibility index (Phi) is 5.26. The van der Waals surface area contributed by atoms with Crippen LogP contribution in [-0.4, -0.2) is 44.3 Å². The van der Waals surface area contributed by atoms with Crippen LogP contribution in [0.2, 0.25) is 0 Å². The SMILES string of the molecule is c1cc2[nH]c(-c3n[nH]c4ccc(-c5cncc(OC6CCNCC6)c5)cc34)cc2c(-c2ccsc2)n1. The third-order valence-corrected chi connectivity index (χ3v) is 7.48. The smallest absolute Gasteiger partial charge is 0.138 e. The number of nitrogens with zero attached hydrogens (tertiary/aromatic N) is 3. The zero-order chi connectivity index (χ0) is 23.9. The fraction of sp³-hybridized carbons (Fsp3) is 0.179. The number of piperidine rings is 1. The Morgan fingerprint density at radius 3 is 2.67 bits per heavy atom. The van der Waals surface area contributed by atoms with Crippen molar-refractivity contribution in [3.8, 4) is 39.5 Å². The molecule has 36 heavy (non-hydrogen) atoms. The third-order valence-electron chi connectivity index (χ3n) is 6.80. The number of H-pyrrole nitrogens is 2. The zero-order valence-corrected chi connectivity index (χ0v) is 20.3. The van der Waals surface area contributed by atoms with Gasteiger partial charge in [-0.3, -0.25) is 15.1 Å². The van der Waals surface area contributed by atoms with Crippen LogP contribution in [0.3, 0.4) is 0 Å². The van der Waals surface area contributed by atoms with Gasteiger partial charge in [0.15, 0.2) is 0 Å². The van der Waals surface area contributed by atoms with E-state index in [1.807, 2.05) is 18.5 Å². The molecular weight excluding hydrogens is 468 g/mol. The van der Waals surface area contributed by atoms with Gasteiger partial charge in [0.2, 0.25) is 0 Å². The molecule has 8 heteroatoms. The number of hydrogen-bond acceptors (Lipinski definition) is 6. The standard InChI is InChI=1S/C28H24N6OS/c1-2-25-22(12-17(1)19-11-21(15-30-14-19)35-20-3-7-29-8-4-20)28(34-33-25)26-13-23-24(32-26)5-9-31-27(23)18-6-10-36-16-18/h1-2,5-6,9-16,20,29,32H,3-4,7-8H2,(H,33,34). The van der Waals surface area contributed by atoms with E-state index in [9.17, 15) is 0 Å². The van der Waals surface area contributed by atoms with E-state index in [4.69, 9.17) is 4.74 Å². The largest absolute Gasteiger partial charge is 0.489 e. The van der Waals surface area contributed by atoms with Gasteiger partial charge in [-0.2, -0.15) is 16.4 Å². The summed E-state index contributed by atoms with van der Waals surface area (Å²) in [5.41, 5.74) is 8.08. The third kappa shape index (κ3) is 3.84. The summed E-state index contributed by atoms with van der Waals surface area (Å²) in [6.45, 7) is 1.99. The number of rotatable bonds is 5. The molecule has 1 fully saturated rings. The van der Waals surface area contributed by atoms with Crippen molar-refractivity contribution in [1.29, 1.82) is 0 Å². The number of benzene rings is 1. The summed E-state index contributed by atoms with van der Waals surface area (Å²) in [6, 6.07) is 14.7. The summed E-state index contributed by atoms with van der Waals surface area (Å²) < 4.78 is 6.23. The molecule has 0 saturated carbocycles. The van der Waals surface area contributed by atoms with Gasteiger partial charge in [-0.1, -0.05) is 6.07 Å². The maximum absolute atomic E-state index is 6.23. The molecule has 1 aromatic carbocycles. The van der Waals surface area contributed by atoms with E-state index in [0.717, 1.165) is 87.3 Å². The van der Waals surface area contributed by atoms with Crippen LogP contribution in [0.1, 0.15) is 12.8 Å². The molecule has 178 valence electrons. The predicted molar refractivity (Wildman–Crippen MR) is 144 cm³/mol. The summed E-state index contributed by atoms with van der Waals surface area (Å²) in [6.07, 6.45) is 7.81. The second-order valence-electron chi connectivity index (χ2n) is 9.12. The summed E-state index contributed by atoms with van der Waals surface area (Å²) in [4.78, 5) is 12.7.